The molecule has 20 heavy (non-hydrogen) atoms. The average Bonchev–Trinajstić information content (AvgIpc) is 2.42. The molecule has 106 valence electrons. The zero-order valence-corrected chi connectivity index (χ0v) is 12.1. The van der Waals surface area contributed by atoms with Gasteiger partial charge in [0.1, 0.15) is 0 Å². The highest BCUT2D eigenvalue weighted by Crippen LogP contribution is 2.21. The van der Waals surface area contributed by atoms with Gasteiger partial charge in [0.2, 0.25) is 9.84 Å². The van der Waals surface area contributed by atoms with Gasteiger partial charge < -0.3 is 10.5 Å². The molecule has 0 aliphatic rings. The molecule has 0 unspecified atom stereocenters. The molecule has 0 aromatic heterocycles. The summed E-state index contributed by atoms with van der Waals surface area (Å²) in [5.41, 5.74) is 7.70. The van der Waals surface area contributed by atoms with Crippen molar-refractivity contribution >= 4 is 15.5 Å². The summed E-state index contributed by atoms with van der Waals surface area (Å²) in [6.45, 7) is 1.96. The molecule has 0 radical (unpaired) electrons. The van der Waals surface area contributed by atoms with Gasteiger partial charge in [-0.05, 0) is 30.2 Å². The van der Waals surface area contributed by atoms with Crippen LogP contribution in [0.5, 0.6) is 0 Å². The van der Waals surface area contributed by atoms with Crippen LogP contribution in [0.2, 0.25) is 0 Å². The number of nitrogens with two attached hydrogens (primary N) is 1. The molecule has 4 nitrogen and oxygen atoms in total. The predicted octanol–water partition coefficient (Wildman–Crippen LogP) is 2.53. The van der Waals surface area contributed by atoms with Crippen molar-refractivity contribution in [2.75, 3.05) is 11.7 Å². The second-order valence-corrected chi connectivity index (χ2v) is 6.44. The molecule has 5 heteroatoms. The van der Waals surface area contributed by atoms with Gasteiger partial charge in [0, 0.05) is 5.69 Å². The van der Waals surface area contributed by atoms with Gasteiger partial charge in [-0.2, -0.15) is 0 Å². The van der Waals surface area contributed by atoms with Crippen molar-refractivity contribution < 1.29 is 13.2 Å². The van der Waals surface area contributed by atoms with Crippen LogP contribution in [0.15, 0.2) is 53.4 Å². The quantitative estimate of drug-likeness (QED) is 0.859. The van der Waals surface area contributed by atoms with Gasteiger partial charge in [-0.3, -0.25) is 0 Å². The minimum absolute atomic E-state index is 0.227. The largest absolute Gasteiger partial charge is 0.398 e. The minimum atomic E-state index is -3.49. The lowest BCUT2D eigenvalue weighted by Gasteiger charge is -2.10. The number of anilines is 1. The number of rotatable bonds is 5. The van der Waals surface area contributed by atoms with E-state index in [4.69, 9.17) is 10.5 Å². The Balaban J connectivity index is 2.06. The first-order valence-electron chi connectivity index (χ1n) is 6.20. The maximum absolute atomic E-state index is 12.2. The van der Waals surface area contributed by atoms with Crippen molar-refractivity contribution in [3.8, 4) is 0 Å². The second kappa shape index (κ2) is 6.07. The molecular weight excluding hydrogens is 274 g/mol. The lowest BCUT2D eigenvalue weighted by Crippen LogP contribution is -2.12. The number of nitrogen functional groups attached to an aromatic ring is 1. The predicted molar refractivity (Wildman–Crippen MR) is 78.9 cm³/mol. The molecule has 0 aliphatic carbocycles. The topological polar surface area (TPSA) is 69.4 Å². The van der Waals surface area contributed by atoms with E-state index in [9.17, 15) is 8.42 Å². The van der Waals surface area contributed by atoms with Crippen LogP contribution in [-0.2, 0) is 21.2 Å². The Labute approximate surface area is 119 Å². The maximum Gasteiger partial charge on any atom is 0.202 e. The summed E-state index contributed by atoms with van der Waals surface area (Å²) >= 11 is 0. The van der Waals surface area contributed by atoms with Crippen LogP contribution >= 0.6 is 0 Å². The molecule has 0 fully saturated rings. The molecule has 0 spiro atoms. The molecule has 2 N–H and O–H groups in total. The molecular formula is C15H17NO3S. The maximum atomic E-state index is 12.2. The fourth-order valence-corrected chi connectivity index (χ4v) is 3.18. The first-order chi connectivity index (χ1) is 9.50. The monoisotopic (exact) mass is 291 g/mol. The second-order valence-electron chi connectivity index (χ2n) is 4.54. The van der Waals surface area contributed by atoms with Gasteiger partial charge in [-0.25, -0.2) is 8.42 Å². The third kappa shape index (κ3) is 3.37. The Bertz CT molecular complexity index is 682. The lowest BCUT2D eigenvalue weighted by atomic mass is 10.2. The number of hydrogen-bond donors (Lipinski definition) is 1. The zero-order valence-electron chi connectivity index (χ0n) is 11.2. The highest BCUT2D eigenvalue weighted by atomic mass is 32.2. The summed E-state index contributed by atoms with van der Waals surface area (Å²) in [5, 5.41) is 0. The lowest BCUT2D eigenvalue weighted by molar-refractivity contribution is 0.163. The fourth-order valence-electron chi connectivity index (χ4n) is 1.88. The van der Waals surface area contributed by atoms with Crippen LogP contribution < -0.4 is 5.73 Å². The highest BCUT2D eigenvalue weighted by Gasteiger charge is 2.18. The van der Waals surface area contributed by atoms with Gasteiger partial charge in [-0.15, -0.1) is 0 Å². The van der Waals surface area contributed by atoms with Crippen LogP contribution in [0.4, 0.5) is 5.69 Å². The van der Waals surface area contributed by atoms with E-state index in [0.717, 1.165) is 5.56 Å². The van der Waals surface area contributed by atoms with E-state index in [1.165, 1.54) is 0 Å². The smallest absolute Gasteiger partial charge is 0.202 e. The van der Waals surface area contributed by atoms with E-state index < -0.39 is 9.84 Å². The Morgan fingerprint density at radius 1 is 1.05 bits per heavy atom. The Kier molecular flexibility index (Phi) is 4.42. The van der Waals surface area contributed by atoms with Gasteiger partial charge in [0.05, 0.1) is 11.5 Å². The number of ether oxygens (including phenoxy) is 1. The number of benzene rings is 2. The number of hydrogen-bond acceptors (Lipinski definition) is 4. The Hall–Kier alpha value is -1.85. The van der Waals surface area contributed by atoms with E-state index in [0.29, 0.717) is 11.3 Å². The summed E-state index contributed by atoms with van der Waals surface area (Å²) in [6, 6.07) is 14.3. The van der Waals surface area contributed by atoms with Crippen molar-refractivity contribution in [3.05, 3.63) is 59.7 Å². The summed E-state index contributed by atoms with van der Waals surface area (Å²) in [6.07, 6.45) is 0. The van der Waals surface area contributed by atoms with Crippen molar-refractivity contribution in [1.29, 1.82) is 0 Å². The summed E-state index contributed by atoms with van der Waals surface area (Å²) in [7, 11) is -3.49. The standard InChI is InChI=1S/C15H17NO3S/c1-12-14(16)8-5-9-15(12)20(17,18)11-19-10-13-6-3-2-4-7-13/h2-9H,10-11,16H2,1H3. The van der Waals surface area contributed by atoms with Gasteiger partial charge in [0.15, 0.2) is 5.94 Å². The van der Waals surface area contributed by atoms with E-state index >= 15 is 0 Å². The Morgan fingerprint density at radius 2 is 1.75 bits per heavy atom. The SMILES string of the molecule is Cc1c(N)cccc1S(=O)(=O)COCc1ccccc1. The van der Waals surface area contributed by atoms with Crippen LogP contribution in [-0.4, -0.2) is 14.4 Å². The van der Waals surface area contributed by atoms with Crippen molar-refractivity contribution in [1.82, 2.24) is 0 Å². The molecule has 0 amide bonds. The molecule has 0 saturated heterocycles. The zero-order chi connectivity index (χ0) is 14.6. The van der Waals surface area contributed by atoms with Gasteiger partial charge in [-0.1, -0.05) is 36.4 Å². The molecule has 0 bridgehead atoms. The molecule has 0 saturated carbocycles. The van der Waals surface area contributed by atoms with Crippen LogP contribution in [0.25, 0.3) is 0 Å². The van der Waals surface area contributed by atoms with Crippen molar-refractivity contribution in [3.63, 3.8) is 0 Å². The Morgan fingerprint density at radius 3 is 2.45 bits per heavy atom. The molecule has 2 rings (SSSR count). The van der Waals surface area contributed by atoms with E-state index in [-0.39, 0.29) is 17.4 Å². The first kappa shape index (κ1) is 14.6. The summed E-state index contributed by atoms with van der Waals surface area (Å²) in [4.78, 5) is 0.227. The number of sulfone groups is 1. The molecule has 2 aromatic carbocycles. The highest BCUT2D eigenvalue weighted by molar-refractivity contribution is 7.91. The van der Waals surface area contributed by atoms with Gasteiger partial charge in [0.25, 0.3) is 0 Å². The van der Waals surface area contributed by atoms with E-state index in [1.807, 2.05) is 30.3 Å². The molecule has 0 heterocycles. The summed E-state index contributed by atoms with van der Waals surface area (Å²) < 4.78 is 29.7. The van der Waals surface area contributed by atoms with E-state index in [2.05, 4.69) is 0 Å². The third-order valence-corrected chi connectivity index (χ3v) is 4.60. The minimum Gasteiger partial charge on any atom is -0.398 e. The van der Waals surface area contributed by atoms with Crippen LogP contribution in [0, 0.1) is 6.92 Å². The summed E-state index contributed by atoms with van der Waals surface area (Å²) in [5.74, 6) is -0.355. The normalized spacial score (nSPS) is 11.4. The van der Waals surface area contributed by atoms with Crippen molar-refractivity contribution in [2.24, 2.45) is 0 Å². The third-order valence-electron chi connectivity index (χ3n) is 3.01. The van der Waals surface area contributed by atoms with Crippen LogP contribution in [0.1, 0.15) is 11.1 Å². The molecule has 2 aromatic rings. The molecule has 0 aliphatic heterocycles. The fraction of sp³-hybridized carbons (Fsp3) is 0.200. The van der Waals surface area contributed by atoms with E-state index in [1.54, 1.807) is 25.1 Å². The van der Waals surface area contributed by atoms with Crippen molar-refractivity contribution in [2.45, 2.75) is 18.4 Å². The average molecular weight is 291 g/mol. The first-order valence-corrected chi connectivity index (χ1v) is 7.85. The van der Waals surface area contributed by atoms with Gasteiger partial charge >= 0.3 is 0 Å². The molecule has 0 atom stereocenters. The van der Waals surface area contributed by atoms with Crippen LogP contribution in [0.3, 0.4) is 0 Å².